The van der Waals surface area contributed by atoms with Crippen molar-refractivity contribution in [2.45, 2.75) is 31.5 Å². The van der Waals surface area contributed by atoms with Crippen molar-refractivity contribution in [3.05, 3.63) is 0 Å². The van der Waals surface area contributed by atoms with E-state index < -0.39 is 17.7 Å². The van der Waals surface area contributed by atoms with Gasteiger partial charge in [0, 0.05) is 13.1 Å². The summed E-state index contributed by atoms with van der Waals surface area (Å²) in [5.41, 5.74) is -1.41. The first kappa shape index (κ1) is 14.7. The maximum atomic E-state index is 11.7. The molecule has 0 aromatic heterocycles. The van der Waals surface area contributed by atoms with E-state index in [1.165, 1.54) is 0 Å². The third-order valence-corrected chi connectivity index (χ3v) is 3.88. The number of hydrogen-bond acceptors (Lipinski definition) is 6. The fourth-order valence-corrected chi connectivity index (χ4v) is 3.02. The van der Waals surface area contributed by atoms with Gasteiger partial charge in [-0.1, -0.05) is 0 Å². The molecule has 3 fully saturated rings. The van der Waals surface area contributed by atoms with Crippen LogP contribution >= 0.6 is 0 Å². The second kappa shape index (κ2) is 6.17. The molecule has 3 N–H and O–H groups in total. The summed E-state index contributed by atoms with van der Waals surface area (Å²) in [5, 5.41) is 24.2. The van der Waals surface area contributed by atoms with Gasteiger partial charge in [0.1, 0.15) is 5.60 Å². The van der Waals surface area contributed by atoms with E-state index in [4.69, 9.17) is 9.47 Å². The van der Waals surface area contributed by atoms with Crippen LogP contribution in [0.15, 0.2) is 0 Å². The summed E-state index contributed by atoms with van der Waals surface area (Å²) < 4.78 is 10.4. The van der Waals surface area contributed by atoms with Gasteiger partial charge in [-0.25, -0.2) is 4.79 Å². The molecule has 19 heavy (non-hydrogen) atoms. The minimum Gasteiger partial charge on any atom is -0.464 e. The van der Waals surface area contributed by atoms with E-state index in [9.17, 15) is 15.0 Å². The first-order chi connectivity index (χ1) is 9.05. The normalized spacial score (nSPS) is 37.0. The molecule has 6 nitrogen and oxygen atoms in total. The standard InChI is InChI=1S/C13H23NO5/c1-2-19-12(16)11(15)13(17)3-9-5-14-6-10(4-13)8-18-7-9/h9-11,14-15,17H,2-8H2,1H3. The number of aliphatic hydroxyl groups excluding tert-OH is 1. The predicted octanol–water partition coefficient (Wildman–Crippen LogP) is -0.712. The molecule has 0 spiro atoms. The molecule has 0 amide bonds. The number of carbonyl (C=O) groups is 1. The van der Waals surface area contributed by atoms with Gasteiger partial charge in [-0.3, -0.25) is 0 Å². The van der Waals surface area contributed by atoms with E-state index in [0.29, 0.717) is 26.1 Å². The van der Waals surface area contributed by atoms with Crippen molar-refractivity contribution in [3.63, 3.8) is 0 Å². The number of hydrogen-bond donors (Lipinski definition) is 3. The molecule has 3 unspecified atom stereocenters. The van der Waals surface area contributed by atoms with Gasteiger partial charge in [-0.2, -0.15) is 0 Å². The fourth-order valence-electron chi connectivity index (χ4n) is 3.02. The highest BCUT2D eigenvalue weighted by Crippen LogP contribution is 2.33. The second-order valence-corrected chi connectivity index (χ2v) is 5.59. The number of carbonyl (C=O) groups excluding carboxylic acids is 1. The maximum Gasteiger partial charge on any atom is 0.337 e. The van der Waals surface area contributed by atoms with Crippen molar-refractivity contribution < 1.29 is 24.5 Å². The molecule has 0 saturated carbocycles. The van der Waals surface area contributed by atoms with Gasteiger partial charge in [-0.15, -0.1) is 0 Å². The van der Waals surface area contributed by atoms with E-state index in [-0.39, 0.29) is 18.4 Å². The molecule has 0 aromatic carbocycles. The quantitative estimate of drug-likeness (QED) is 0.589. The van der Waals surface area contributed by atoms with Crippen LogP contribution in [-0.4, -0.2) is 60.8 Å². The Balaban J connectivity index is 2.13. The molecule has 2 bridgehead atoms. The Labute approximate surface area is 113 Å². The first-order valence-electron chi connectivity index (χ1n) is 6.90. The second-order valence-electron chi connectivity index (χ2n) is 5.59. The van der Waals surface area contributed by atoms with Gasteiger partial charge in [0.25, 0.3) is 0 Å². The lowest BCUT2D eigenvalue weighted by Gasteiger charge is -2.41. The van der Waals surface area contributed by atoms with Gasteiger partial charge in [-0.05, 0) is 31.6 Å². The molecule has 3 rings (SSSR count). The molecule has 0 radical (unpaired) electrons. The molecular weight excluding hydrogens is 250 g/mol. The summed E-state index contributed by atoms with van der Waals surface area (Å²) in [7, 11) is 0. The van der Waals surface area contributed by atoms with E-state index in [1.54, 1.807) is 6.92 Å². The van der Waals surface area contributed by atoms with Crippen molar-refractivity contribution in [1.29, 1.82) is 0 Å². The largest absolute Gasteiger partial charge is 0.464 e. The van der Waals surface area contributed by atoms with E-state index in [2.05, 4.69) is 5.32 Å². The Bertz CT molecular complexity index is 298. The smallest absolute Gasteiger partial charge is 0.337 e. The fraction of sp³-hybridized carbons (Fsp3) is 0.923. The van der Waals surface area contributed by atoms with Crippen LogP contribution in [0.25, 0.3) is 0 Å². The Morgan fingerprint density at radius 2 is 2.00 bits per heavy atom. The van der Waals surface area contributed by atoms with Crippen LogP contribution in [0.2, 0.25) is 0 Å². The van der Waals surface area contributed by atoms with E-state index >= 15 is 0 Å². The summed E-state index contributed by atoms with van der Waals surface area (Å²) in [6.45, 7) is 4.42. The molecule has 3 atom stereocenters. The van der Waals surface area contributed by atoms with Crippen molar-refractivity contribution in [3.8, 4) is 0 Å². The molecule has 3 heterocycles. The molecule has 3 aliphatic heterocycles. The Kier molecular flexibility index (Phi) is 4.78. The Morgan fingerprint density at radius 1 is 1.42 bits per heavy atom. The van der Waals surface area contributed by atoms with E-state index in [0.717, 1.165) is 13.1 Å². The number of ether oxygens (including phenoxy) is 2. The SMILES string of the molecule is CCOC(=O)C(O)C1(O)CC2CNCC(COC2)C1. The zero-order chi connectivity index (χ0) is 13.9. The van der Waals surface area contributed by atoms with Gasteiger partial charge < -0.3 is 25.0 Å². The number of aliphatic hydroxyl groups is 2. The lowest BCUT2D eigenvalue weighted by molar-refractivity contribution is -0.178. The lowest BCUT2D eigenvalue weighted by atomic mass is 9.77. The van der Waals surface area contributed by atoms with Crippen molar-refractivity contribution >= 4 is 5.97 Å². The van der Waals surface area contributed by atoms with Crippen LogP contribution in [-0.2, 0) is 14.3 Å². The predicted molar refractivity (Wildman–Crippen MR) is 67.5 cm³/mol. The molecule has 0 aliphatic carbocycles. The minimum absolute atomic E-state index is 0.0929. The average Bonchev–Trinajstić information content (AvgIpc) is 2.30. The van der Waals surface area contributed by atoms with Crippen LogP contribution in [0.4, 0.5) is 0 Å². The number of fused-ring (bicyclic) bond motifs is 6. The summed E-state index contributed by atoms with van der Waals surface area (Å²) in [6, 6.07) is 0. The van der Waals surface area contributed by atoms with Crippen LogP contribution in [0, 0.1) is 11.8 Å². The van der Waals surface area contributed by atoms with E-state index in [1.807, 2.05) is 0 Å². The molecule has 6 heteroatoms. The van der Waals surface area contributed by atoms with Crippen LogP contribution in [0.5, 0.6) is 0 Å². The Morgan fingerprint density at radius 3 is 2.53 bits per heavy atom. The highest BCUT2D eigenvalue weighted by Gasteiger charge is 2.46. The number of nitrogens with one attached hydrogen (secondary N) is 1. The summed E-state index contributed by atoms with van der Waals surface area (Å²) in [5.74, 6) is -0.553. The van der Waals surface area contributed by atoms with Crippen LogP contribution in [0.3, 0.4) is 0 Å². The van der Waals surface area contributed by atoms with Gasteiger partial charge in [0.2, 0.25) is 0 Å². The monoisotopic (exact) mass is 273 g/mol. The molecule has 0 aromatic rings. The highest BCUT2D eigenvalue weighted by atomic mass is 16.5. The van der Waals surface area contributed by atoms with Crippen molar-refractivity contribution in [1.82, 2.24) is 5.32 Å². The summed E-state index contributed by atoms with van der Waals surface area (Å²) in [4.78, 5) is 11.7. The first-order valence-corrected chi connectivity index (χ1v) is 6.90. The molecule has 3 aliphatic rings. The van der Waals surface area contributed by atoms with Crippen LogP contribution < -0.4 is 5.32 Å². The zero-order valence-corrected chi connectivity index (χ0v) is 11.3. The summed E-state index contributed by atoms with van der Waals surface area (Å²) in [6.07, 6.45) is -0.791. The minimum atomic E-state index is -1.48. The third kappa shape index (κ3) is 3.45. The molecular formula is C13H23NO5. The number of esters is 1. The lowest BCUT2D eigenvalue weighted by Crippen LogP contribution is -2.55. The van der Waals surface area contributed by atoms with Gasteiger partial charge in [0.05, 0.1) is 19.8 Å². The average molecular weight is 273 g/mol. The van der Waals surface area contributed by atoms with Gasteiger partial charge >= 0.3 is 5.97 Å². The van der Waals surface area contributed by atoms with Crippen molar-refractivity contribution in [2.24, 2.45) is 11.8 Å². The maximum absolute atomic E-state index is 11.7. The van der Waals surface area contributed by atoms with Crippen molar-refractivity contribution in [2.75, 3.05) is 32.9 Å². The Hall–Kier alpha value is -0.690. The topological polar surface area (TPSA) is 88.0 Å². The zero-order valence-electron chi connectivity index (χ0n) is 11.3. The van der Waals surface area contributed by atoms with Gasteiger partial charge in [0.15, 0.2) is 6.10 Å². The summed E-state index contributed by atoms with van der Waals surface area (Å²) >= 11 is 0. The highest BCUT2D eigenvalue weighted by molar-refractivity contribution is 5.76. The van der Waals surface area contributed by atoms with Crippen LogP contribution in [0.1, 0.15) is 19.8 Å². The third-order valence-electron chi connectivity index (χ3n) is 3.88. The number of rotatable bonds is 3. The molecule has 3 saturated heterocycles. The molecule has 110 valence electrons.